The number of rotatable bonds is 4. The maximum Gasteiger partial charge on any atom is 0.441 e. The van der Waals surface area contributed by atoms with E-state index in [2.05, 4.69) is 4.84 Å². The van der Waals surface area contributed by atoms with Gasteiger partial charge in [-0.15, -0.1) is 5.48 Å². The molecule has 0 aromatic carbocycles. The van der Waals surface area contributed by atoms with Crippen LogP contribution in [0.2, 0.25) is 0 Å². The van der Waals surface area contributed by atoms with Gasteiger partial charge in [-0.25, -0.2) is 9.59 Å². The Hall–Kier alpha value is -2.16. The molecule has 2 N–H and O–H groups in total. The molecule has 0 aliphatic heterocycles. The molecule has 9 nitrogen and oxygen atoms in total. The zero-order valence-electron chi connectivity index (χ0n) is 14.2. The molecule has 1 amide bonds. The molecule has 9 heteroatoms. The first kappa shape index (κ1) is 20.8. The number of hydroxylamine groups is 1. The lowest BCUT2D eigenvalue weighted by Crippen LogP contribution is -2.35. The summed E-state index contributed by atoms with van der Waals surface area (Å²) in [4.78, 5) is 37.8. The van der Waals surface area contributed by atoms with E-state index in [0.29, 0.717) is 0 Å². The van der Waals surface area contributed by atoms with Gasteiger partial charge in [-0.3, -0.25) is 10.1 Å². The monoisotopic (exact) mass is 332 g/mol. The van der Waals surface area contributed by atoms with E-state index in [4.69, 9.17) is 4.74 Å². The van der Waals surface area contributed by atoms with Gasteiger partial charge in [0.2, 0.25) is 6.54 Å². The maximum atomic E-state index is 12.0. The van der Waals surface area contributed by atoms with Crippen LogP contribution in [0, 0.1) is 15.5 Å². The molecule has 23 heavy (non-hydrogen) atoms. The van der Waals surface area contributed by atoms with Gasteiger partial charge < -0.3 is 14.7 Å². The second kappa shape index (κ2) is 7.91. The highest BCUT2D eigenvalue weighted by atomic mass is 16.7. The zero-order valence-corrected chi connectivity index (χ0v) is 14.2. The maximum absolute atomic E-state index is 12.0. The Kier molecular flexibility index (Phi) is 7.17. The average molecular weight is 332 g/mol. The Bertz CT molecular complexity index is 486. The summed E-state index contributed by atoms with van der Waals surface area (Å²) in [6.07, 6.45) is -1.36. The van der Waals surface area contributed by atoms with Crippen LogP contribution >= 0.6 is 0 Å². The molecule has 0 saturated carbocycles. The van der Waals surface area contributed by atoms with Crippen LogP contribution in [0.4, 0.5) is 4.79 Å². The van der Waals surface area contributed by atoms with E-state index in [0.717, 1.165) is 6.08 Å². The number of nitrogens with zero attached hydrogens (tertiary/aromatic N) is 1. The number of hydrogen-bond donors (Lipinski definition) is 2. The minimum atomic E-state index is -1.45. The molecule has 0 fully saturated rings. The first-order valence-corrected chi connectivity index (χ1v) is 6.94. The Balaban J connectivity index is 4.95. The SMILES string of the molecule is CC(C)(C)OC(=O)NOC(=O)/C(=C/[C@@H](O)C[N+](=O)[O-])C(C)(C)C. The van der Waals surface area contributed by atoms with Crippen LogP contribution in [-0.4, -0.2) is 40.3 Å². The largest absolute Gasteiger partial charge is 0.442 e. The van der Waals surface area contributed by atoms with Gasteiger partial charge in [0.05, 0.1) is 0 Å². The van der Waals surface area contributed by atoms with E-state index in [1.807, 2.05) is 5.48 Å². The molecule has 0 saturated heterocycles. The van der Waals surface area contributed by atoms with Crippen molar-refractivity contribution in [3.05, 3.63) is 21.8 Å². The molecule has 1 atom stereocenters. The van der Waals surface area contributed by atoms with E-state index in [1.54, 1.807) is 41.5 Å². The third-order valence-electron chi connectivity index (χ3n) is 2.35. The number of amides is 1. The minimum absolute atomic E-state index is 0.0112. The Morgan fingerprint density at radius 1 is 1.26 bits per heavy atom. The third kappa shape index (κ3) is 9.46. The number of nitrogens with one attached hydrogen (secondary N) is 1. The van der Waals surface area contributed by atoms with E-state index < -0.39 is 40.7 Å². The number of hydrogen-bond acceptors (Lipinski definition) is 7. The van der Waals surface area contributed by atoms with Crippen LogP contribution < -0.4 is 5.48 Å². The lowest BCUT2D eigenvalue weighted by atomic mass is 9.85. The van der Waals surface area contributed by atoms with Crippen molar-refractivity contribution in [2.75, 3.05) is 6.54 Å². The molecule has 0 aromatic heterocycles. The Morgan fingerprint density at radius 3 is 2.17 bits per heavy atom. The summed E-state index contributed by atoms with van der Waals surface area (Å²) in [5.74, 6) is -0.939. The highest BCUT2D eigenvalue weighted by molar-refractivity contribution is 5.90. The van der Waals surface area contributed by atoms with Crippen molar-refractivity contribution < 1.29 is 29.2 Å². The highest BCUT2D eigenvalue weighted by Gasteiger charge is 2.28. The summed E-state index contributed by atoms with van der Waals surface area (Å²) in [6.45, 7) is 9.16. The van der Waals surface area contributed by atoms with Crippen molar-refractivity contribution >= 4 is 12.1 Å². The summed E-state index contributed by atoms with van der Waals surface area (Å²) in [6, 6.07) is 0. The molecule has 0 aromatic rings. The number of carbonyl (C=O) groups excluding carboxylic acids is 2. The smallest absolute Gasteiger partial charge is 0.441 e. The molecule has 0 bridgehead atoms. The van der Waals surface area contributed by atoms with Gasteiger partial charge >= 0.3 is 12.1 Å². The lowest BCUT2D eigenvalue weighted by molar-refractivity contribution is -0.487. The third-order valence-corrected chi connectivity index (χ3v) is 2.35. The van der Waals surface area contributed by atoms with Crippen LogP contribution in [0.5, 0.6) is 0 Å². The number of aliphatic hydroxyl groups excluding tert-OH is 1. The van der Waals surface area contributed by atoms with Crippen molar-refractivity contribution in [1.82, 2.24) is 5.48 Å². The average Bonchev–Trinajstić information content (AvgIpc) is 2.28. The summed E-state index contributed by atoms with van der Waals surface area (Å²) >= 11 is 0. The van der Waals surface area contributed by atoms with Crippen LogP contribution in [-0.2, 0) is 14.4 Å². The summed E-state index contributed by atoms with van der Waals surface area (Å²) in [5.41, 5.74) is 0.305. The number of nitro groups is 1. The normalized spacial score (nSPS) is 14.0. The lowest BCUT2D eigenvalue weighted by Gasteiger charge is -2.23. The van der Waals surface area contributed by atoms with Gasteiger partial charge in [-0.05, 0) is 32.3 Å². The predicted octanol–water partition coefficient (Wildman–Crippen LogP) is 1.58. The highest BCUT2D eigenvalue weighted by Crippen LogP contribution is 2.26. The minimum Gasteiger partial charge on any atom is -0.442 e. The van der Waals surface area contributed by atoms with Gasteiger partial charge in [-0.2, -0.15) is 0 Å². The second-order valence-electron chi connectivity index (χ2n) is 6.91. The molecule has 0 rings (SSSR count). The van der Waals surface area contributed by atoms with E-state index in [9.17, 15) is 24.8 Å². The van der Waals surface area contributed by atoms with E-state index in [-0.39, 0.29) is 5.57 Å². The second-order valence-corrected chi connectivity index (χ2v) is 6.91. The number of carbonyl (C=O) groups is 2. The van der Waals surface area contributed by atoms with Crippen LogP contribution in [0.25, 0.3) is 0 Å². The van der Waals surface area contributed by atoms with Crippen molar-refractivity contribution in [2.24, 2.45) is 5.41 Å². The molecular formula is C14H24N2O7. The topological polar surface area (TPSA) is 128 Å². The van der Waals surface area contributed by atoms with Crippen LogP contribution in [0.3, 0.4) is 0 Å². The zero-order chi connectivity index (χ0) is 18.4. The fourth-order valence-electron chi connectivity index (χ4n) is 1.46. The van der Waals surface area contributed by atoms with Crippen LogP contribution in [0.15, 0.2) is 11.6 Å². The van der Waals surface area contributed by atoms with Gasteiger partial charge in [0.25, 0.3) is 0 Å². The molecule has 0 aliphatic carbocycles. The molecule has 132 valence electrons. The van der Waals surface area contributed by atoms with Crippen molar-refractivity contribution in [2.45, 2.75) is 53.2 Å². The number of ether oxygens (including phenoxy) is 1. The molecule has 0 unspecified atom stereocenters. The fraction of sp³-hybridized carbons (Fsp3) is 0.714. The molecule has 0 aliphatic rings. The van der Waals surface area contributed by atoms with Gasteiger partial charge in [0.15, 0.2) is 0 Å². The predicted molar refractivity (Wildman–Crippen MR) is 80.9 cm³/mol. The summed E-state index contributed by atoms with van der Waals surface area (Å²) in [5, 5.41) is 20.0. The molecule has 0 radical (unpaired) electrons. The Labute approximate surface area is 134 Å². The van der Waals surface area contributed by atoms with Crippen LogP contribution in [0.1, 0.15) is 41.5 Å². The fourth-order valence-corrected chi connectivity index (χ4v) is 1.46. The summed E-state index contributed by atoms with van der Waals surface area (Å²) < 4.78 is 4.90. The standard InChI is InChI=1S/C14H24N2O7/c1-13(2,3)10(7-9(17)8-16(20)21)11(18)23-15-12(19)22-14(4,5)6/h7,9,17H,8H2,1-6H3,(H,15,19)/b10-7-/t9-/m1/s1. The van der Waals surface area contributed by atoms with Gasteiger partial charge in [0, 0.05) is 10.5 Å². The van der Waals surface area contributed by atoms with Crippen molar-refractivity contribution in [3.63, 3.8) is 0 Å². The van der Waals surface area contributed by atoms with Crippen molar-refractivity contribution in [3.8, 4) is 0 Å². The van der Waals surface area contributed by atoms with Gasteiger partial charge in [-0.1, -0.05) is 20.8 Å². The summed E-state index contributed by atoms with van der Waals surface area (Å²) in [7, 11) is 0. The molecular weight excluding hydrogens is 308 g/mol. The van der Waals surface area contributed by atoms with E-state index >= 15 is 0 Å². The quantitative estimate of drug-likeness (QED) is 0.454. The molecule has 0 heterocycles. The Morgan fingerprint density at radius 2 is 1.78 bits per heavy atom. The first-order chi connectivity index (χ1) is 10.2. The molecule has 0 spiro atoms. The van der Waals surface area contributed by atoms with E-state index in [1.165, 1.54) is 0 Å². The number of aliphatic hydroxyl groups is 1. The van der Waals surface area contributed by atoms with Crippen molar-refractivity contribution in [1.29, 1.82) is 0 Å². The van der Waals surface area contributed by atoms with Gasteiger partial charge in [0.1, 0.15) is 11.7 Å². The first-order valence-electron chi connectivity index (χ1n) is 6.94.